The van der Waals surface area contributed by atoms with Crippen molar-refractivity contribution in [2.75, 3.05) is 11.9 Å². The predicted octanol–water partition coefficient (Wildman–Crippen LogP) is 1.34. The highest BCUT2D eigenvalue weighted by Gasteiger charge is 2.22. The summed E-state index contributed by atoms with van der Waals surface area (Å²) in [5.74, 6) is 0.174. The number of rotatable bonds is 3. The van der Waals surface area contributed by atoms with Gasteiger partial charge in [-0.3, -0.25) is 10.1 Å². The van der Waals surface area contributed by atoms with Gasteiger partial charge in [-0.25, -0.2) is 0 Å². The fourth-order valence-electron chi connectivity index (χ4n) is 1.88. The smallest absolute Gasteiger partial charge is 0.322 e. The Balaban J connectivity index is 1.68. The van der Waals surface area contributed by atoms with E-state index in [4.69, 9.17) is 8.83 Å². The van der Waals surface area contributed by atoms with Gasteiger partial charge in [0.2, 0.25) is 5.89 Å². The summed E-state index contributed by atoms with van der Waals surface area (Å²) in [6.07, 6.45) is 4.84. The minimum atomic E-state index is -0.335. The van der Waals surface area contributed by atoms with Crippen LogP contribution < -0.4 is 10.6 Å². The second-order valence-corrected chi connectivity index (χ2v) is 4.06. The predicted molar refractivity (Wildman–Crippen MR) is 60.9 cm³/mol. The molecule has 0 radical (unpaired) electrons. The zero-order valence-electron chi connectivity index (χ0n) is 9.55. The summed E-state index contributed by atoms with van der Waals surface area (Å²) in [5, 5.41) is 13.5. The summed E-state index contributed by atoms with van der Waals surface area (Å²) in [6, 6.07) is 1.76. The number of aromatic nitrogens is 2. The number of nitrogens with zero attached hydrogens (tertiary/aromatic N) is 2. The summed E-state index contributed by atoms with van der Waals surface area (Å²) >= 11 is 0. The summed E-state index contributed by atoms with van der Waals surface area (Å²) < 4.78 is 10.2. The topological polar surface area (TPSA) is 93.2 Å². The molecule has 3 rings (SSSR count). The van der Waals surface area contributed by atoms with Gasteiger partial charge >= 0.3 is 6.01 Å². The van der Waals surface area contributed by atoms with Gasteiger partial charge in [-0.15, -0.1) is 5.10 Å². The minimum absolute atomic E-state index is 0.0945. The molecule has 1 aliphatic heterocycles. The van der Waals surface area contributed by atoms with Gasteiger partial charge in [-0.2, -0.15) is 0 Å². The van der Waals surface area contributed by atoms with Gasteiger partial charge in [0, 0.05) is 0 Å². The van der Waals surface area contributed by atoms with Crippen LogP contribution in [0, 0.1) is 0 Å². The van der Waals surface area contributed by atoms with Crippen LogP contribution in [0.4, 0.5) is 6.01 Å². The Morgan fingerprint density at radius 3 is 3.17 bits per heavy atom. The number of anilines is 1. The number of amides is 1. The first-order valence-electron chi connectivity index (χ1n) is 5.73. The summed E-state index contributed by atoms with van der Waals surface area (Å²) in [6.45, 7) is 0.948. The lowest BCUT2D eigenvalue weighted by atomic mass is 10.2. The number of hydrogen-bond donors (Lipinski definition) is 2. The minimum Gasteiger partial charge on any atom is -0.472 e. The number of carbonyl (C=O) groups is 1. The number of carbonyl (C=O) groups excluding carboxylic acids is 1. The third-order valence-corrected chi connectivity index (χ3v) is 2.80. The van der Waals surface area contributed by atoms with E-state index < -0.39 is 0 Å². The van der Waals surface area contributed by atoms with Crippen molar-refractivity contribution >= 4 is 11.9 Å². The van der Waals surface area contributed by atoms with E-state index in [1.54, 1.807) is 6.07 Å². The van der Waals surface area contributed by atoms with Gasteiger partial charge in [-0.1, -0.05) is 5.10 Å². The highest BCUT2D eigenvalue weighted by Crippen LogP contribution is 2.22. The molecule has 1 aliphatic rings. The third kappa shape index (κ3) is 2.12. The molecule has 3 heterocycles. The maximum Gasteiger partial charge on any atom is 0.322 e. The Labute approximate surface area is 103 Å². The molecule has 94 valence electrons. The fraction of sp³-hybridized carbons (Fsp3) is 0.364. The molecular weight excluding hydrogens is 236 g/mol. The van der Waals surface area contributed by atoms with E-state index in [1.807, 2.05) is 0 Å². The Kier molecular flexibility index (Phi) is 2.81. The first-order valence-corrected chi connectivity index (χ1v) is 5.73. The normalized spacial score (nSPS) is 19.0. The monoisotopic (exact) mass is 248 g/mol. The molecule has 0 aromatic carbocycles. The lowest BCUT2D eigenvalue weighted by Gasteiger charge is -2.02. The molecule has 1 fully saturated rings. The molecule has 1 saturated heterocycles. The van der Waals surface area contributed by atoms with Crippen LogP contribution in [0.15, 0.2) is 27.4 Å². The van der Waals surface area contributed by atoms with E-state index in [-0.39, 0.29) is 18.0 Å². The van der Waals surface area contributed by atoms with Crippen LogP contribution in [0.2, 0.25) is 0 Å². The zero-order chi connectivity index (χ0) is 12.4. The van der Waals surface area contributed by atoms with Crippen LogP contribution in [0.3, 0.4) is 0 Å². The molecule has 1 atom stereocenters. The Morgan fingerprint density at radius 2 is 2.44 bits per heavy atom. The molecule has 2 aromatic heterocycles. The van der Waals surface area contributed by atoms with E-state index in [9.17, 15) is 4.79 Å². The molecule has 2 N–H and O–H groups in total. The van der Waals surface area contributed by atoms with Gasteiger partial charge in [0.1, 0.15) is 6.26 Å². The number of hydrogen-bond acceptors (Lipinski definition) is 6. The molecular formula is C11H12N4O3. The van der Waals surface area contributed by atoms with Crippen molar-refractivity contribution in [1.82, 2.24) is 15.5 Å². The molecule has 2 aromatic rings. The molecule has 7 heteroatoms. The van der Waals surface area contributed by atoms with Gasteiger partial charge in [0.05, 0.1) is 17.9 Å². The molecule has 0 aliphatic carbocycles. The highest BCUT2D eigenvalue weighted by atomic mass is 16.4. The van der Waals surface area contributed by atoms with Crippen LogP contribution in [-0.4, -0.2) is 22.6 Å². The molecule has 0 saturated carbocycles. The van der Waals surface area contributed by atoms with Crippen molar-refractivity contribution in [2.24, 2.45) is 0 Å². The summed E-state index contributed by atoms with van der Waals surface area (Å²) in [4.78, 5) is 11.7. The molecule has 0 bridgehead atoms. The van der Waals surface area contributed by atoms with Gasteiger partial charge < -0.3 is 14.2 Å². The second-order valence-electron chi connectivity index (χ2n) is 4.06. The summed E-state index contributed by atoms with van der Waals surface area (Å²) in [5.41, 5.74) is 0.411. The van der Waals surface area contributed by atoms with Gasteiger partial charge in [0.15, 0.2) is 0 Å². The standard InChI is InChI=1S/C11H12N4O3/c16-9(7-3-5-17-6-7)13-11-15-14-10(18-11)8-2-1-4-12-8/h3,5-6,8,12H,1-2,4H2,(H,13,15,16). The van der Waals surface area contributed by atoms with Crippen LogP contribution in [0.1, 0.15) is 35.1 Å². The van der Waals surface area contributed by atoms with Crippen molar-refractivity contribution < 1.29 is 13.6 Å². The van der Waals surface area contributed by atoms with E-state index >= 15 is 0 Å². The van der Waals surface area contributed by atoms with E-state index in [0.29, 0.717) is 11.5 Å². The molecule has 1 unspecified atom stereocenters. The second kappa shape index (κ2) is 4.61. The fourth-order valence-corrected chi connectivity index (χ4v) is 1.88. The van der Waals surface area contributed by atoms with Gasteiger partial charge in [-0.05, 0) is 25.5 Å². The number of furan rings is 1. The van der Waals surface area contributed by atoms with Crippen molar-refractivity contribution in [2.45, 2.75) is 18.9 Å². The van der Waals surface area contributed by atoms with Crippen molar-refractivity contribution in [3.05, 3.63) is 30.0 Å². The molecule has 18 heavy (non-hydrogen) atoms. The lowest BCUT2D eigenvalue weighted by molar-refractivity contribution is 0.102. The molecule has 1 amide bonds. The van der Waals surface area contributed by atoms with Gasteiger partial charge in [0.25, 0.3) is 5.91 Å². The average Bonchev–Trinajstić information content (AvgIpc) is 3.12. The maximum absolute atomic E-state index is 11.7. The van der Waals surface area contributed by atoms with Crippen molar-refractivity contribution in [1.29, 1.82) is 0 Å². The Morgan fingerprint density at radius 1 is 1.50 bits per heavy atom. The molecule has 0 spiro atoms. The Bertz CT molecular complexity index is 528. The van der Waals surface area contributed by atoms with E-state index in [2.05, 4.69) is 20.8 Å². The van der Waals surface area contributed by atoms with Crippen molar-refractivity contribution in [3.8, 4) is 0 Å². The third-order valence-electron chi connectivity index (χ3n) is 2.80. The first kappa shape index (κ1) is 11.0. The van der Waals surface area contributed by atoms with Crippen LogP contribution >= 0.6 is 0 Å². The highest BCUT2D eigenvalue weighted by molar-refractivity contribution is 6.02. The zero-order valence-corrected chi connectivity index (χ0v) is 9.55. The molecule has 7 nitrogen and oxygen atoms in total. The van der Waals surface area contributed by atoms with Crippen LogP contribution in [-0.2, 0) is 0 Å². The number of nitrogens with one attached hydrogen (secondary N) is 2. The van der Waals surface area contributed by atoms with E-state index in [0.717, 1.165) is 19.4 Å². The van der Waals surface area contributed by atoms with Crippen molar-refractivity contribution in [3.63, 3.8) is 0 Å². The first-order chi connectivity index (χ1) is 8.83. The largest absolute Gasteiger partial charge is 0.472 e. The van der Waals surface area contributed by atoms with Crippen LogP contribution in [0.25, 0.3) is 0 Å². The van der Waals surface area contributed by atoms with Crippen LogP contribution in [0.5, 0.6) is 0 Å². The summed E-state index contributed by atoms with van der Waals surface area (Å²) in [7, 11) is 0. The lowest BCUT2D eigenvalue weighted by Crippen LogP contribution is -2.13. The van der Waals surface area contributed by atoms with E-state index in [1.165, 1.54) is 12.5 Å². The average molecular weight is 248 g/mol. The maximum atomic E-state index is 11.7. The quantitative estimate of drug-likeness (QED) is 0.851. The SMILES string of the molecule is O=C(Nc1nnc(C2CCCN2)o1)c1ccoc1. The Hall–Kier alpha value is -2.15.